The van der Waals surface area contributed by atoms with Gasteiger partial charge in [-0.15, -0.1) is 0 Å². The van der Waals surface area contributed by atoms with E-state index in [0.717, 1.165) is 11.3 Å². The van der Waals surface area contributed by atoms with Crippen LogP contribution in [0, 0.1) is 33.5 Å². The van der Waals surface area contributed by atoms with Crippen molar-refractivity contribution in [2.45, 2.75) is 149 Å². The lowest BCUT2D eigenvalue weighted by molar-refractivity contribution is -0.0690. The SMILES string of the molecule is CCCCCCCC12CCC(C3CCC(C#N)(CCCCCC)CC3)(CC1)CC2. The molecule has 0 spiro atoms. The standard InChI is InChI=1S/C28H49N/c1-3-5-7-9-11-14-26-18-21-28(22-19-26,23-20-26)25-12-16-27(24-29,17-13-25)15-10-8-6-4-2/h25H,3-23H2,1-2H3. The molecule has 4 aliphatic rings. The lowest BCUT2D eigenvalue weighted by atomic mass is 9.47. The van der Waals surface area contributed by atoms with Crippen LogP contribution in [0.2, 0.25) is 0 Å². The highest BCUT2D eigenvalue weighted by Gasteiger charge is 2.52. The summed E-state index contributed by atoms with van der Waals surface area (Å²) in [5, 5.41) is 9.94. The quantitative estimate of drug-likeness (QED) is 0.300. The van der Waals surface area contributed by atoms with Crippen LogP contribution in [-0.4, -0.2) is 0 Å². The third-order valence-corrected chi connectivity index (χ3v) is 9.83. The average Bonchev–Trinajstić information content (AvgIpc) is 2.78. The van der Waals surface area contributed by atoms with Crippen LogP contribution in [0.1, 0.15) is 149 Å². The summed E-state index contributed by atoms with van der Waals surface area (Å²) in [7, 11) is 0. The summed E-state index contributed by atoms with van der Waals surface area (Å²) in [6.45, 7) is 4.60. The van der Waals surface area contributed by atoms with Gasteiger partial charge in [0.05, 0.1) is 11.5 Å². The summed E-state index contributed by atoms with van der Waals surface area (Å²) in [4.78, 5) is 0. The van der Waals surface area contributed by atoms with Gasteiger partial charge in [0.15, 0.2) is 0 Å². The fourth-order valence-electron chi connectivity index (χ4n) is 7.47. The zero-order valence-electron chi connectivity index (χ0n) is 19.9. The smallest absolute Gasteiger partial charge is 0.0689 e. The number of hydrogen-bond acceptors (Lipinski definition) is 1. The van der Waals surface area contributed by atoms with E-state index < -0.39 is 0 Å². The third-order valence-electron chi connectivity index (χ3n) is 9.83. The molecule has 166 valence electrons. The van der Waals surface area contributed by atoms with Gasteiger partial charge in [-0.3, -0.25) is 0 Å². The van der Waals surface area contributed by atoms with Crippen molar-refractivity contribution in [3.63, 3.8) is 0 Å². The summed E-state index contributed by atoms with van der Waals surface area (Å²) >= 11 is 0. The Labute approximate surface area is 182 Å². The Morgan fingerprint density at radius 2 is 1.17 bits per heavy atom. The topological polar surface area (TPSA) is 23.8 Å². The van der Waals surface area contributed by atoms with Crippen molar-refractivity contribution >= 4 is 0 Å². The van der Waals surface area contributed by atoms with Crippen LogP contribution < -0.4 is 0 Å². The molecule has 0 aromatic carbocycles. The number of nitriles is 1. The van der Waals surface area contributed by atoms with E-state index in [4.69, 9.17) is 0 Å². The largest absolute Gasteiger partial charge is 0.198 e. The number of hydrogen-bond donors (Lipinski definition) is 0. The van der Waals surface area contributed by atoms with E-state index in [2.05, 4.69) is 19.9 Å². The molecule has 4 aliphatic carbocycles. The first kappa shape index (κ1) is 23.2. The normalized spacial score (nSPS) is 36.8. The molecule has 0 aromatic heterocycles. The van der Waals surface area contributed by atoms with E-state index in [1.807, 2.05) is 0 Å². The summed E-state index contributed by atoms with van der Waals surface area (Å²) in [6.07, 6.45) is 29.4. The van der Waals surface area contributed by atoms with Gasteiger partial charge in [-0.2, -0.15) is 5.26 Å². The predicted octanol–water partition coefficient (Wildman–Crippen LogP) is 9.36. The van der Waals surface area contributed by atoms with Crippen molar-refractivity contribution in [2.24, 2.45) is 22.2 Å². The molecule has 0 radical (unpaired) electrons. The summed E-state index contributed by atoms with van der Waals surface area (Å²) in [5.74, 6) is 0.933. The van der Waals surface area contributed by atoms with Crippen molar-refractivity contribution < 1.29 is 0 Å². The molecule has 0 heterocycles. The fraction of sp³-hybridized carbons (Fsp3) is 0.964. The van der Waals surface area contributed by atoms with Crippen LogP contribution in [0.4, 0.5) is 0 Å². The maximum Gasteiger partial charge on any atom is 0.0689 e. The average molecular weight is 400 g/mol. The van der Waals surface area contributed by atoms with E-state index in [1.165, 1.54) is 135 Å². The van der Waals surface area contributed by atoms with E-state index in [9.17, 15) is 5.26 Å². The highest BCUT2D eigenvalue weighted by molar-refractivity contribution is 5.07. The number of unbranched alkanes of at least 4 members (excludes halogenated alkanes) is 7. The van der Waals surface area contributed by atoms with Gasteiger partial charge in [-0.1, -0.05) is 71.6 Å². The molecule has 0 saturated heterocycles. The Hall–Kier alpha value is -0.510. The maximum atomic E-state index is 9.94. The summed E-state index contributed by atoms with van der Waals surface area (Å²) in [6, 6.07) is 2.80. The van der Waals surface area contributed by atoms with E-state index in [-0.39, 0.29) is 5.41 Å². The van der Waals surface area contributed by atoms with Gasteiger partial charge in [0.1, 0.15) is 0 Å². The van der Waals surface area contributed by atoms with E-state index in [0.29, 0.717) is 5.41 Å². The molecule has 0 aromatic rings. The molecular formula is C28H49N. The molecular weight excluding hydrogens is 350 g/mol. The molecule has 29 heavy (non-hydrogen) atoms. The molecule has 0 aliphatic heterocycles. The summed E-state index contributed by atoms with van der Waals surface area (Å²) in [5.41, 5.74) is 1.44. The van der Waals surface area contributed by atoms with E-state index in [1.54, 1.807) is 0 Å². The Morgan fingerprint density at radius 1 is 0.655 bits per heavy atom. The Kier molecular flexibility index (Phi) is 8.53. The first-order valence-corrected chi connectivity index (χ1v) is 13.5. The van der Waals surface area contributed by atoms with Gasteiger partial charge in [0.2, 0.25) is 0 Å². The molecule has 1 nitrogen and oxygen atoms in total. The molecule has 0 amide bonds. The van der Waals surface area contributed by atoms with Gasteiger partial charge in [-0.05, 0) is 93.8 Å². The van der Waals surface area contributed by atoms with Crippen molar-refractivity contribution in [3.8, 4) is 6.07 Å². The minimum Gasteiger partial charge on any atom is -0.198 e. The van der Waals surface area contributed by atoms with Gasteiger partial charge in [0.25, 0.3) is 0 Å². The van der Waals surface area contributed by atoms with Crippen molar-refractivity contribution in [1.29, 1.82) is 5.26 Å². The summed E-state index contributed by atoms with van der Waals surface area (Å²) < 4.78 is 0. The van der Waals surface area contributed by atoms with Gasteiger partial charge < -0.3 is 0 Å². The van der Waals surface area contributed by atoms with Crippen molar-refractivity contribution in [3.05, 3.63) is 0 Å². The van der Waals surface area contributed by atoms with Crippen molar-refractivity contribution in [1.82, 2.24) is 0 Å². The maximum absolute atomic E-state index is 9.94. The third kappa shape index (κ3) is 5.60. The molecule has 1 heteroatoms. The second kappa shape index (κ2) is 10.7. The van der Waals surface area contributed by atoms with Crippen molar-refractivity contribution in [2.75, 3.05) is 0 Å². The molecule has 4 rings (SSSR count). The second-order valence-electron chi connectivity index (χ2n) is 11.5. The molecule has 4 fully saturated rings. The van der Waals surface area contributed by atoms with Crippen LogP contribution >= 0.6 is 0 Å². The minimum absolute atomic E-state index is 0.0342. The molecule has 2 bridgehead atoms. The van der Waals surface area contributed by atoms with Gasteiger partial charge in [0, 0.05) is 0 Å². The van der Waals surface area contributed by atoms with Crippen LogP contribution in [0.3, 0.4) is 0 Å². The minimum atomic E-state index is 0.0342. The zero-order valence-corrected chi connectivity index (χ0v) is 19.9. The first-order chi connectivity index (χ1) is 14.1. The van der Waals surface area contributed by atoms with Crippen LogP contribution in [0.15, 0.2) is 0 Å². The Balaban J connectivity index is 1.45. The van der Waals surface area contributed by atoms with E-state index >= 15 is 0 Å². The highest BCUT2D eigenvalue weighted by atomic mass is 14.6. The molecule has 0 N–H and O–H groups in total. The Bertz CT molecular complexity index is 494. The zero-order chi connectivity index (χ0) is 20.6. The van der Waals surface area contributed by atoms with Gasteiger partial charge in [-0.25, -0.2) is 0 Å². The highest BCUT2D eigenvalue weighted by Crippen LogP contribution is 2.64. The van der Waals surface area contributed by atoms with Crippen LogP contribution in [0.25, 0.3) is 0 Å². The molecule has 0 unspecified atom stereocenters. The number of rotatable bonds is 12. The lowest BCUT2D eigenvalue weighted by Gasteiger charge is -2.58. The van der Waals surface area contributed by atoms with Crippen LogP contribution in [0.5, 0.6) is 0 Å². The fourth-order valence-corrected chi connectivity index (χ4v) is 7.47. The number of nitrogens with zero attached hydrogens (tertiary/aromatic N) is 1. The van der Waals surface area contributed by atoms with Crippen LogP contribution in [-0.2, 0) is 0 Å². The monoisotopic (exact) mass is 399 g/mol. The predicted molar refractivity (Wildman–Crippen MR) is 125 cm³/mol. The molecule has 4 saturated carbocycles. The number of fused-ring (bicyclic) bond motifs is 3. The second-order valence-corrected chi connectivity index (χ2v) is 11.5. The first-order valence-electron chi connectivity index (χ1n) is 13.5. The molecule has 0 atom stereocenters. The lowest BCUT2D eigenvalue weighted by Crippen LogP contribution is -2.47. The Morgan fingerprint density at radius 3 is 1.72 bits per heavy atom. The van der Waals surface area contributed by atoms with Gasteiger partial charge >= 0.3 is 0 Å².